The first kappa shape index (κ1) is 11.1. The molecular formula is C12H16N2O2. The second kappa shape index (κ2) is 4.61. The zero-order chi connectivity index (χ0) is 11.5. The monoisotopic (exact) mass is 220 g/mol. The number of hydrogen-bond donors (Lipinski definition) is 0. The molecule has 1 saturated heterocycles. The number of carbonyl (C=O) groups is 1. The third kappa shape index (κ3) is 2.07. The topological polar surface area (TPSA) is 42.4 Å². The van der Waals surface area contributed by atoms with Crippen molar-refractivity contribution in [3.63, 3.8) is 0 Å². The molecule has 0 radical (unpaired) electrons. The maximum atomic E-state index is 11.4. The van der Waals surface area contributed by atoms with Crippen LogP contribution < -0.4 is 0 Å². The molecule has 16 heavy (non-hydrogen) atoms. The van der Waals surface area contributed by atoms with Crippen LogP contribution in [-0.2, 0) is 16.1 Å². The van der Waals surface area contributed by atoms with Gasteiger partial charge in [0, 0.05) is 25.5 Å². The first-order valence-corrected chi connectivity index (χ1v) is 5.43. The van der Waals surface area contributed by atoms with Gasteiger partial charge >= 0.3 is 5.97 Å². The largest absolute Gasteiger partial charge is 0.468 e. The summed E-state index contributed by atoms with van der Waals surface area (Å²) in [7, 11) is 1.44. The Morgan fingerprint density at radius 3 is 3.06 bits per heavy atom. The number of methoxy groups -OCH3 is 1. The van der Waals surface area contributed by atoms with E-state index in [9.17, 15) is 4.79 Å². The lowest BCUT2D eigenvalue weighted by Crippen LogP contribution is -2.52. The van der Waals surface area contributed by atoms with Crippen LogP contribution in [0.1, 0.15) is 17.5 Å². The van der Waals surface area contributed by atoms with Crippen LogP contribution in [0, 0.1) is 6.92 Å². The van der Waals surface area contributed by atoms with E-state index < -0.39 is 0 Å². The molecule has 0 amide bonds. The van der Waals surface area contributed by atoms with Crippen LogP contribution in [0.25, 0.3) is 0 Å². The second-order valence-corrected chi connectivity index (χ2v) is 4.10. The molecule has 0 aromatic carbocycles. The predicted octanol–water partition coefficient (Wildman–Crippen LogP) is 1.14. The van der Waals surface area contributed by atoms with Gasteiger partial charge in [0.1, 0.15) is 6.04 Å². The fourth-order valence-electron chi connectivity index (χ4n) is 1.93. The van der Waals surface area contributed by atoms with Gasteiger partial charge in [0.25, 0.3) is 0 Å². The quantitative estimate of drug-likeness (QED) is 0.716. The highest BCUT2D eigenvalue weighted by Crippen LogP contribution is 2.22. The molecule has 1 unspecified atom stereocenters. The number of likely N-dealkylation sites (tertiary alicyclic amines) is 1. The summed E-state index contributed by atoms with van der Waals surface area (Å²) in [5.41, 5.74) is 2.39. The molecule has 86 valence electrons. The summed E-state index contributed by atoms with van der Waals surface area (Å²) in [6, 6.07) is 1.94. The third-order valence-corrected chi connectivity index (χ3v) is 3.11. The van der Waals surface area contributed by atoms with Gasteiger partial charge in [0.15, 0.2) is 0 Å². The number of rotatable bonds is 3. The summed E-state index contributed by atoms with van der Waals surface area (Å²) >= 11 is 0. The van der Waals surface area contributed by atoms with E-state index in [4.69, 9.17) is 4.74 Å². The van der Waals surface area contributed by atoms with E-state index in [2.05, 4.69) is 9.88 Å². The summed E-state index contributed by atoms with van der Waals surface area (Å²) in [6.07, 6.45) is 4.54. The van der Waals surface area contributed by atoms with Crippen molar-refractivity contribution in [1.29, 1.82) is 0 Å². The average molecular weight is 220 g/mol. The van der Waals surface area contributed by atoms with Gasteiger partial charge < -0.3 is 4.74 Å². The van der Waals surface area contributed by atoms with E-state index in [1.807, 2.05) is 19.2 Å². The van der Waals surface area contributed by atoms with Crippen molar-refractivity contribution in [2.24, 2.45) is 0 Å². The number of carbonyl (C=O) groups excluding carboxylic acids is 1. The lowest BCUT2D eigenvalue weighted by molar-refractivity contribution is -0.152. The van der Waals surface area contributed by atoms with Crippen LogP contribution in [0.2, 0.25) is 0 Å². The molecule has 0 saturated carbocycles. The molecular weight excluding hydrogens is 204 g/mol. The van der Waals surface area contributed by atoms with Crippen molar-refractivity contribution in [2.75, 3.05) is 13.7 Å². The molecule has 1 aromatic rings. The number of aryl methyl sites for hydroxylation is 1. The van der Waals surface area contributed by atoms with Gasteiger partial charge in [-0.2, -0.15) is 0 Å². The van der Waals surface area contributed by atoms with Gasteiger partial charge in [-0.25, -0.2) is 0 Å². The molecule has 2 heterocycles. The van der Waals surface area contributed by atoms with Gasteiger partial charge in [-0.1, -0.05) is 0 Å². The van der Waals surface area contributed by atoms with Crippen LogP contribution >= 0.6 is 0 Å². The Morgan fingerprint density at radius 2 is 2.50 bits per heavy atom. The fraction of sp³-hybridized carbons (Fsp3) is 0.500. The van der Waals surface area contributed by atoms with Crippen LogP contribution in [0.3, 0.4) is 0 Å². The SMILES string of the molecule is COC(=O)C1CCN1Cc1ccncc1C. The molecule has 0 N–H and O–H groups in total. The number of aromatic nitrogens is 1. The van der Waals surface area contributed by atoms with E-state index in [1.165, 1.54) is 12.7 Å². The number of nitrogens with zero attached hydrogens (tertiary/aromatic N) is 2. The van der Waals surface area contributed by atoms with E-state index in [1.54, 1.807) is 6.20 Å². The smallest absolute Gasteiger partial charge is 0.323 e. The fourth-order valence-corrected chi connectivity index (χ4v) is 1.93. The van der Waals surface area contributed by atoms with E-state index in [-0.39, 0.29) is 12.0 Å². The maximum Gasteiger partial charge on any atom is 0.323 e. The Morgan fingerprint density at radius 1 is 1.69 bits per heavy atom. The first-order valence-electron chi connectivity index (χ1n) is 5.43. The Hall–Kier alpha value is -1.42. The number of pyridine rings is 1. The molecule has 1 atom stereocenters. The van der Waals surface area contributed by atoms with Crippen molar-refractivity contribution < 1.29 is 9.53 Å². The van der Waals surface area contributed by atoms with Gasteiger partial charge in [-0.05, 0) is 30.5 Å². The predicted molar refractivity (Wildman–Crippen MR) is 59.8 cm³/mol. The number of hydrogen-bond acceptors (Lipinski definition) is 4. The molecule has 1 aromatic heterocycles. The van der Waals surface area contributed by atoms with Crippen molar-refractivity contribution in [2.45, 2.75) is 25.9 Å². The lowest BCUT2D eigenvalue weighted by atomic mass is 10.0. The Labute approximate surface area is 95.2 Å². The summed E-state index contributed by atoms with van der Waals surface area (Å²) in [5.74, 6) is -0.127. The molecule has 0 spiro atoms. The van der Waals surface area contributed by atoms with E-state index in [0.29, 0.717) is 0 Å². The highest BCUT2D eigenvalue weighted by Gasteiger charge is 2.34. The Balaban J connectivity index is 2.01. The first-order chi connectivity index (χ1) is 7.72. The number of esters is 1. The molecule has 1 aliphatic heterocycles. The lowest BCUT2D eigenvalue weighted by Gasteiger charge is -2.38. The van der Waals surface area contributed by atoms with E-state index >= 15 is 0 Å². The summed E-state index contributed by atoms with van der Waals surface area (Å²) in [5, 5.41) is 0. The molecule has 4 nitrogen and oxygen atoms in total. The van der Waals surface area contributed by atoms with Gasteiger partial charge in [-0.15, -0.1) is 0 Å². The standard InChI is InChI=1S/C12H16N2O2/c1-9-7-13-5-3-10(9)8-14-6-4-11(14)12(15)16-2/h3,5,7,11H,4,6,8H2,1-2H3. The van der Waals surface area contributed by atoms with Crippen molar-refractivity contribution in [1.82, 2.24) is 9.88 Å². The van der Waals surface area contributed by atoms with Gasteiger partial charge in [0.05, 0.1) is 7.11 Å². The van der Waals surface area contributed by atoms with Crippen molar-refractivity contribution >= 4 is 5.97 Å². The van der Waals surface area contributed by atoms with Crippen LogP contribution in [0.5, 0.6) is 0 Å². The van der Waals surface area contributed by atoms with Crippen LogP contribution in [0.15, 0.2) is 18.5 Å². The highest BCUT2D eigenvalue weighted by atomic mass is 16.5. The molecule has 1 fully saturated rings. The van der Waals surface area contributed by atoms with Gasteiger partial charge in [-0.3, -0.25) is 14.7 Å². The minimum Gasteiger partial charge on any atom is -0.468 e. The minimum absolute atomic E-state index is 0.0578. The highest BCUT2D eigenvalue weighted by molar-refractivity contribution is 5.76. The molecule has 1 aliphatic rings. The Kier molecular flexibility index (Phi) is 3.19. The number of ether oxygens (including phenoxy) is 1. The second-order valence-electron chi connectivity index (χ2n) is 4.10. The maximum absolute atomic E-state index is 11.4. The zero-order valence-electron chi connectivity index (χ0n) is 9.64. The summed E-state index contributed by atoms with van der Waals surface area (Å²) in [6.45, 7) is 3.80. The summed E-state index contributed by atoms with van der Waals surface area (Å²) < 4.78 is 4.76. The van der Waals surface area contributed by atoms with Gasteiger partial charge in [0.2, 0.25) is 0 Å². The minimum atomic E-state index is -0.127. The van der Waals surface area contributed by atoms with Crippen molar-refractivity contribution in [3.8, 4) is 0 Å². The molecule has 2 rings (SSSR count). The van der Waals surface area contributed by atoms with Crippen molar-refractivity contribution in [3.05, 3.63) is 29.6 Å². The van der Waals surface area contributed by atoms with E-state index in [0.717, 1.165) is 25.1 Å². The normalized spacial score (nSPS) is 20.2. The zero-order valence-corrected chi connectivity index (χ0v) is 9.64. The third-order valence-electron chi connectivity index (χ3n) is 3.11. The van der Waals surface area contributed by atoms with Crippen LogP contribution in [-0.4, -0.2) is 35.5 Å². The molecule has 4 heteroatoms. The molecule has 0 aliphatic carbocycles. The average Bonchev–Trinajstić information content (AvgIpc) is 2.26. The molecule has 0 bridgehead atoms. The Bertz CT molecular complexity index is 392. The summed E-state index contributed by atoms with van der Waals surface area (Å²) in [4.78, 5) is 17.6. The van der Waals surface area contributed by atoms with Crippen LogP contribution in [0.4, 0.5) is 0 Å².